The van der Waals surface area contributed by atoms with E-state index in [1.54, 1.807) is 0 Å². The molecule has 1 aromatic carbocycles. The summed E-state index contributed by atoms with van der Waals surface area (Å²) in [7, 11) is 1.82. The van der Waals surface area contributed by atoms with E-state index in [1.165, 1.54) is 16.7 Å². The number of rotatable bonds is 2. The van der Waals surface area contributed by atoms with Crippen molar-refractivity contribution >= 4 is 29.0 Å². The van der Waals surface area contributed by atoms with Gasteiger partial charge in [0, 0.05) is 17.6 Å². The van der Waals surface area contributed by atoms with E-state index in [0.717, 1.165) is 16.3 Å². The first-order valence-electron chi connectivity index (χ1n) is 5.08. The van der Waals surface area contributed by atoms with Gasteiger partial charge in [0.15, 0.2) is 0 Å². The summed E-state index contributed by atoms with van der Waals surface area (Å²) in [5.41, 5.74) is 1.71. The number of hydrogen-bond donors (Lipinski definition) is 2. The maximum Gasteiger partial charge on any atom is 0.242 e. The van der Waals surface area contributed by atoms with Gasteiger partial charge in [0.2, 0.25) is 5.91 Å². The number of thioether (sulfide) groups is 1. The van der Waals surface area contributed by atoms with Crippen LogP contribution >= 0.6 is 11.8 Å². The van der Waals surface area contributed by atoms with Crippen molar-refractivity contribution < 1.29 is 9.90 Å². The van der Waals surface area contributed by atoms with E-state index in [-0.39, 0.29) is 17.9 Å². The number of fused-ring (bicyclic) bond motifs is 1. The number of aliphatic hydroxyl groups is 1. The predicted octanol–water partition coefficient (Wildman–Crippen LogP) is 1.51. The summed E-state index contributed by atoms with van der Waals surface area (Å²) in [5.74, 6) is -0.0479. The Kier molecular flexibility index (Phi) is 3.07. The number of amides is 1. The van der Waals surface area contributed by atoms with Crippen molar-refractivity contribution in [1.82, 2.24) is 0 Å². The molecule has 1 heterocycles. The van der Waals surface area contributed by atoms with Gasteiger partial charge in [-0.15, -0.1) is 11.8 Å². The molecule has 0 aromatic heterocycles. The van der Waals surface area contributed by atoms with Crippen molar-refractivity contribution in [2.75, 3.05) is 24.0 Å². The molecule has 2 N–H and O–H groups in total. The van der Waals surface area contributed by atoms with Crippen LogP contribution in [0.15, 0.2) is 23.1 Å². The second-order valence-electron chi connectivity index (χ2n) is 3.60. The van der Waals surface area contributed by atoms with Crippen molar-refractivity contribution in [2.45, 2.75) is 17.1 Å². The molecule has 2 rings (SSSR count). The molecule has 0 radical (unpaired) electrons. The van der Waals surface area contributed by atoms with E-state index in [4.69, 9.17) is 0 Å². The second kappa shape index (κ2) is 4.35. The minimum absolute atomic E-state index is 0.0479. The first-order chi connectivity index (χ1) is 7.67. The molecule has 86 valence electrons. The van der Waals surface area contributed by atoms with Crippen LogP contribution in [0.2, 0.25) is 0 Å². The molecule has 1 amide bonds. The molecule has 0 saturated carbocycles. The smallest absolute Gasteiger partial charge is 0.242 e. The van der Waals surface area contributed by atoms with Crippen LogP contribution in [0, 0.1) is 0 Å². The highest BCUT2D eigenvalue weighted by molar-refractivity contribution is 8.00. The van der Waals surface area contributed by atoms with Gasteiger partial charge in [-0.3, -0.25) is 9.69 Å². The summed E-state index contributed by atoms with van der Waals surface area (Å²) >= 11 is 1.53. The lowest BCUT2D eigenvalue weighted by molar-refractivity contribution is -0.118. The summed E-state index contributed by atoms with van der Waals surface area (Å²) < 4.78 is 0. The number of anilines is 2. The van der Waals surface area contributed by atoms with Crippen LogP contribution in [0.4, 0.5) is 11.4 Å². The zero-order valence-corrected chi connectivity index (χ0v) is 10.0. The van der Waals surface area contributed by atoms with Gasteiger partial charge < -0.3 is 10.4 Å². The molecule has 16 heavy (non-hydrogen) atoms. The first-order valence-corrected chi connectivity index (χ1v) is 5.96. The van der Waals surface area contributed by atoms with Gasteiger partial charge in [-0.25, -0.2) is 0 Å². The van der Waals surface area contributed by atoms with Crippen molar-refractivity contribution in [3.05, 3.63) is 18.2 Å². The molecular formula is C11H14N2O2S. The van der Waals surface area contributed by atoms with Crippen LogP contribution in [0.1, 0.15) is 6.92 Å². The van der Waals surface area contributed by atoms with Gasteiger partial charge >= 0.3 is 0 Å². The molecule has 0 aliphatic carbocycles. The van der Waals surface area contributed by atoms with Crippen LogP contribution in [-0.4, -0.2) is 30.0 Å². The predicted molar refractivity (Wildman–Crippen MR) is 65.9 cm³/mol. The Morgan fingerprint density at radius 1 is 1.56 bits per heavy atom. The Balaban J connectivity index is 2.48. The fourth-order valence-electron chi connectivity index (χ4n) is 1.71. The van der Waals surface area contributed by atoms with Crippen LogP contribution in [0.25, 0.3) is 0 Å². The zero-order chi connectivity index (χ0) is 11.7. The standard InChI is InChI=1S/C11H14N2O2S/c1-7-11(15)13(6-14)9-5-8(12-2)3-4-10(9)16-7/h3-5,7,12,14H,6H2,1-2H3. The third-order valence-electron chi connectivity index (χ3n) is 2.60. The summed E-state index contributed by atoms with van der Waals surface area (Å²) in [6.07, 6.45) is 0. The molecule has 1 atom stereocenters. The van der Waals surface area contributed by atoms with Gasteiger partial charge in [0.05, 0.1) is 10.9 Å². The van der Waals surface area contributed by atoms with Gasteiger partial charge in [-0.1, -0.05) is 0 Å². The van der Waals surface area contributed by atoms with Gasteiger partial charge in [0.25, 0.3) is 0 Å². The lowest BCUT2D eigenvalue weighted by atomic mass is 10.2. The molecule has 1 aliphatic rings. The Morgan fingerprint density at radius 3 is 2.94 bits per heavy atom. The number of nitrogens with zero attached hydrogens (tertiary/aromatic N) is 1. The third-order valence-corrected chi connectivity index (χ3v) is 3.75. The minimum atomic E-state index is -0.274. The fraction of sp³-hybridized carbons (Fsp3) is 0.364. The highest BCUT2D eigenvalue weighted by atomic mass is 32.2. The zero-order valence-electron chi connectivity index (χ0n) is 9.23. The van der Waals surface area contributed by atoms with E-state index < -0.39 is 0 Å². The Labute approximate surface area is 98.6 Å². The number of nitrogens with one attached hydrogen (secondary N) is 1. The number of carbonyl (C=O) groups is 1. The number of benzene rings is 1. The summed E-state index contributed by atoms with van der Waals surface area (Å²) in [6.45, 7) is 1.58. The normalized spacial score (nSPS) is 19.6. The van der Waals surface area contributed by atoms with Crippen LogP contribution < -0.4 is 10.2 Å². The molecular weight excluding hydrogens is 224 g/mol. The second-order valence-corrected chi connectivity index (χ2v) is 4.98. The average molecular weight is 238 g/mol. The van der Waals surface area contributed by atoms with E-state index >= 15 is 0 Å². The molecule has 0 spiro atoms. The van der Waals surface area contributed by atoms with E-state index in [9.17, 15) is 9.90 Å². The van der Waals surface area contributed by atoms with E-state index in [2.05, 4.69) is 5.32 Å². The lowest BCUT2D eigenvalue weighted by Crippen LogP contribution is -2.40. The summed E-state index contributed by atoms with van der Waals surface area (Å²) in [5, 5.41) is 12.1. The molecule has 1 unspecified atom stereocenters. The topological polar surface area (TPSA) is 52.6 Å². The van der Waals surface area contributed by atoms with Gasteiger partial charge in [0.1, 0.15) is 6.73 Å². The SMILES string of the molecule is CNc1ccc2c(c1)N(CO)C(=O)C(C)S2. The summed E-state index contributed by atoms with van der Waals surface area (Å²) in [4.78, 5) is 14.3. The van der Waals surface area contributed by atoms with Crippen molar-refractivity contribution in [2.24, 2.45) is 0 Å². The molecule has 0 saturated heterocycles. The third kappa shape index (κ3) is 1.76. The van der Waals surface area contributed by atoms with E-state index in [0.29, 0.717) is 0 Å². The maximum absolute atomic E-state index is 11.8. The molecule has 1 aromatic rings. The Morgan fingerprint density at radius 2 is 2.31 bits per heavy atom. The van der Waals surface area contributed by atoms with Crippen LogP contribution in [0.5, 0.6) is 0 Å². The molecule has 0 bridgehead atoms. The van der Waals surface area contributed by atoms with Crippen molar-refractivity contribution in [3.63, 3.8) is 0 Å². The van der Waals surface area contributed by atoms with Crippen LogP contribution in [0.3, 0.4) is 0 Å². The largest absolute Gasteiger partial charge is 0.388 e. The van der Waals surface area contributed by atoms with Crippen molar-refractivity contribution in [3.8, 4) is 0 Å². The quantitative estimate of drug-likeness (QED) is 0.820. The monoisotopic (exact) mass is 238 g/mol. The maximum atomic E-state index is 11.8. The van der Waals surface area contributed by atoms with Crippen LogP contribution in [-0.2, 0) is 4.79 Å². The number of hydrogen-bond acceptors (Lipinski definition) is 4. The van der Waals surface area contributed by atoms with Crippen molar-refractivity contribution in [1.29, 1.82) is 0 Å². The minimum Gasteiger partial charge on any atom is -0.388 e. The summed E-state index contributed by atoms with van der Waals surface area (Å²) in [6, 6.07) is 5.81. The average Bonchev–Trinajstić information content (AvgIpc) is 2.30. The van der Waals surface area contributed by atoms with Gasteiger partial charge in [-0.2, -0.15) is 0 Å². The number of carbonyl (C=O) groups excluding carboxylic acids is 1. The lowest BCUT2D eigenvalue weighted by Gasteiger charge is -2.31. The first kappa shape index (κ1) is 11.3. The molecule has 1 aliphatic heterocycles. The highest BCUT2D eigenvalue weighted by Gasteiger charge is 2.30. The number of aliphatic hydroxyl groups excluding tert-OH is 1. The molecule has 4 nitrogen and oxygen atoms in total. The van der Waals surface area contributed by atoms with Gasteiger partial charge in [-0.05, 0) is 25.1 Å². The molecule has 0 fully saturated rings. The highest BCUT2D eigenvalue weighted by Crippen LogP contribution is 2.40. The Hall–Kier alpha value is -1.20. The fourth-order valence-corrected chi connectivity index (χ4v) is 2.75. The molecule has 5 heteroatoms. The van der Waals surface area contributed by atoms with E-state index in [1.807, 2.05) is 32.2 Å². The Bertz CT molecular complexity index is 422.